The molecule has 2 heterocycles. The zero-order valence-electron chi connectivity index (χ0n) is 10.1. The lowest BCUT2D eigenvalue weighted by atomic mass is 10.1. The standard InChI is InChI=1S/C14H15ClN2O/c15-12-3-1-2-11(8-12)14-9-17(10-16-14)13-4-6-18-7-5-13/h1-3,8-10,13H,4-7H2. The Morgan fingerprint density at radius 2 is 2.11 bits per heavy atom. The van der Waals surface area contributed by atoms with E-state index in [0.717, 1.165) is 42.3 Å². The molecule has 1 aliphatic heterocycles. The van der Waals surface area contributed by atoms with Crippen molar-refractivity contribution in [3.8, 4) is 11.3 Å². The van der Waals surface area contributed by atoms with E-state index in [1.54, 1.807) is 0 Å². The first-order valence-corrected chi connectivity index (χ1v) is 6.58. The van der Waals surface area contributed by atoms with E-state index in [1.807, 2.05) is 30.6 Å². The Kier molecular flexibility index (Phi) is 3.35. The molecule has 0 radical (unpaired) electrons. The summed E-state index contributed by atoms with van der Waals surface area (Å²) in [6, 6.07) is 8.31. The van der Waals surface area contributed by atoms with Gasteiger partial charge in [0.15, 0.2) is 0 Å². The number of halogens is 1. The zero-order chi connectivity index (χ0) is 12.4. The largest absolute Gasteiger partial charge is 0.381 e. The molecule has 3 rings (SSSR count). The summed E-state index contributed by atoms with van der Waals surface area (Å²) in [7, 11) is 0. The molecule has 0 atom stereocenters. The molecule has 0 amide bonds. The van der Waals surface area contributed by atoms with E-state index in [0.29, 0.717) is 6.04 Å². The van der Waals surface area contributed by atoms with E-state index in [2.05, 4.69) is 15.7 Å². The lowest BCUT2D eigenvalue weighted by molar-refractivity contribution is 0.0696. The normalized spacial score (nSPS) is 16.9. The van der Waals surface area contributed by atoms with Gasteiger partial charge in [0.1, 0.15) is 0 Å². The molecule has 3 nitrogen and oxygen atoms in total. The van der Waals surface area contributed by atoms with Crippen molar-refractivity contribution in [2.75, 3.05) is 13.2 Å². The molecule has 4 heteroatoms. The minimum atomic E-state index is 0.513. The second kappa shape index (κ2) is 5.12. The van der Waals surface area contributed by atoms with Gasteiger partial charge in [-0.15, -0.1) is 0 Å². The Balaban J connectivity index is 1.84. The number of hydrogen-bond donors (Lipinski definition) is 0. The van der Waals surface area contributed by atoms with Crippen LogP contribution < -0.4 is 0 Å². The third kappa shape index (κ3) is 2.42. The van der Waals surface area contributed by atoms with Gasteiger partial charge in [-0.25, -0.2) is 4.98 Å². The molecule has 94 valence electrons. The fraction of sp³-hybridized carbons (Fsp3) is 0.357. The SMILES string of the molecule is Clc1cccc(-c2cn(C3CCOCC3)cn2)c1. The fourth-order valence-electron chi connectivity index (χ4n) is 2.32. The number of imidazole rings is 1. The Morgan fingerprint density at radius 1 is 1.28 bits per heavy atom. The van der Waals surface area contributed by atoms with Gasteiger partial charge in [0, 0.05) is 36.0 Å². The average Bonchev–Trinajstić information content (AvgIpc) is 2.89. The summed E-state index contributed by atoms with van der Waals surface area (Å²) >= 11 is 6.00. The molecule has 2 aromatic rings. The van der Waals surface area contributed by atoms with Crippen LogP contribution in [0, 0.1) is 0 Å². The van der Waals surface area contributed by atoms with E-state index in [1.165, 1.54) is 0 Å². The number of nitrogens with zero attached hydrogens (tertiary/aromatic N) is 2. The minimum absolute atomic E-state index is 0.513. The number of benzene rings is 1. The van der Waals surface area contributed by atoms with Gasteiger partial charge in [0.25, 0.3) is 0 Å². The van der Waals surface area contributed by atoms with E-state index < -0.39 is 0 Å². The van der Waals surface area contributed by atoms with Crippen LogP contribution in [0.4, 0.5) is 0 Å². The summed E-state index contributed by atoms with van der Waals surface area (Å²) in [5.41, 5.74) is 2.04. The summed E-state index contributed by atoms with van der Waals surface area (Å²) in [5, 5.41) is 0.744. The maximum absolute atomic E-state index is 6.00. The second-order valence-corrected chi connectivity index (χ2v) is 5.00. The van der Waals surface area contributed by atoms with E-state index in [-0.39, 0.29) is 0 Å². The first kappa shape index (κ1) is 11.8. The molecule has 0 N–H and O–H groups in total. The smallest absolute Gasteiger partial charge is 0.0956 e. The fourth-order valence-corrected chi connectivity index (χ4v) is 2.51. The predicted molar refractivity (Wildman–Crippen MR) is 71.8 cm³/mol. The summed E-state index contributed by atoms with van der Waals surface area (Å²) in [6.45, 7) is 1.69. The molecule has 0 aliphatic carbocycles. The minimum Gasteiger partial charge on any atom is -0.381 e. The first-order valence-electron chi connectivity index (χ1n) is 6.20. The third-order valence-electron chi connectivity index (χ3n) is 3.33. The van der Waals surface area contributed by atoms with Crippen molar-refractivity contribution >= 4 is 11.6 Å². The number of hydrogen-bond acceptors (Lipinski definition) is 2. The van der Waals surface area contributed by atoms with Crippen molar-refractivity contribution in [1.29, 1.82) is 0 Å². The van der Waals surface area contributed by atoms with Gasteiger partial charge in [-0.2, -0.15) is 0 Å². The topological polar surface area (TPSA) is 27.1 Å². The molecule has 0 bridgehead atoms. The van der Waals surface area contributed by atoms with Gasteiger partial charge < -0.3 is 9.30 Å². The van der Waals surface area contributed by atoms with E-state index in [4.69, 9.17) is 16.3 Å². The monoisotopic (exact) mass is 262 g/mol. The van der Waals surface area contributed by atoms with Gasteiger partial charge >= 0.3 is 0 Å². The lowest BCUT2D eigenvalue weighted by Crippen LogP contribution is -2.18. The highest BCUT2D eigenvalue weighted by Crippen LogP contribution is 2.25. The summed E-state index contributed by atoms with van der Waals surface area (Å²) in [5.74, 6) is 0. The van der Waals surface area contributed by atoms with Crippen molar-refractivity contribution in [1.82, 2.24) is 9.55 Å². The Morgan fingerprint density at radius 3 is 2.89 bits per heavy atom. The van der Waals surface area contributed by atoms with Crippen LogP contribution in [-0.4, -0.2) is 22.8 Å². The van der Waals surface area contributed by atoms with Gasteiger partial charge in [-0.05, 0) is 25.0 Å². The zero-order valence-corrected chi connectivity index (χ0v) is 10.8. The Labute approximate surface area is 111 Å². The number of ether oxygens (including phenoxy) is 1. The van der Waals surface area contributed by atoms with Crippen molar-refractivity contribution in [3.63, 3.8) is 0 Å². The van der Waals surface area contributed by atoms with Crippen LogP contribution >= 0.6 is 11.6 Å². The number of rotatable bonds is 2. The molecule has 1 saturated heterocycles. The van der Waals surface area contributed by atoms with Crippen molar-refractivity contribution in [3.05, 3.63) is 41.8 Å². The van der Waals surface area contributed by atoms with Crippen LogP contribution in [0.15, 0.2) is 36.8 Å². The lowest BCUT2D eigenvalue weighted by Gasteiger charge is -2.22. The van der Waals surface area contributed by atoms with Gasteiger partial charge in [0.05, 0.1) is 12.0 Å². The van der Waals surface area contributed by atoms with Gasteiger partial charge in [0.2, 0.25) is 0 Å². The maximum Gasteiger partial charge on any atom is 0.0956 e. The highest BCUT2D eigenvalue weighted by Gasteiger charge is 2.16. The van der Waals surface area contributed by atoms with Crippen LogP contribution in [0.1, 0.15) is 18.9 Å². The highest BCUT2D eigenvalue weighted by molar-refractivity contribution is 6.30. The average molecular weight is 263 g/mol. The quantitative estimate of drug-likeness (QED) is 0.828. The molecule has 0 unspecified atom stereocenters. The molecule has 1 aromatic carbocycles. The van der Waals surface area contributed by atoms with Crippen LogP contribution in [0.2, 0.25) is 5.02 Å². The molecule has 0 spiro atoms. The van der Waals surface area contributed by atoms with Crippen LogP contribution in [0.25, 0.3) is 11.3 Å². The Bertz CT molecular complexity index is 532. The second-order valence-electron chi connectivity index (χ2n) is 4.56. The predicted octanol–water partition coefficient (Wildman–Crippen LogP) is 3.56. The van der Waals surface area contributed by atoms with E-state index >= 15 is 0 Å². The molecule has 1 fully saturated rings. The van der Waals surface area contributed by atoms with Crippen LogP contribution in [0.3, 0.4) is 0 Å². The molecular formula is C14H15ClN2O. The summed E-state index contributed by atoms with van der Waals surface area (Å²) in [6.07, 6.45) is 6.13. The number of aromatic nitrogens is 2. The van der Waals surface area contributed by atoms with Crippen molar-refractivity contribution < 1.29 is 4.74 Å². The molecule has 18 heavy (non-hydrogen) atoms. The molecule has 1 aliphatic rings. The highest BCUT2D eigenvalue weighted by atomic mass is 35.5. The van der Waals surface area contributed by atoms with Crippen LogP contribution in [-0.2, 0) is 4.74 Å². The maximum atomic E-state index is 6.00. The van der Waals surface area contributed by atoms with Crippen LogP contribution in [0.5, 0.6) is 0 Å². The summed E-state index contributed by atoms with van der Waals surface area (Å²) < 4.78 is 7.57. The Hall–Kier alpha value is -1.32. The van der Waals surface area contributed by atoms with Gasteiger partial charge in [-0.1, -0.05) is 23.7 Å². The van der Waals surface area contributed by atoms with Crippen molar-refractivity contribution in [2.24, 2.45) is 0 Å². The molecule has 0 saturated carbocycles. The first-order chi connectivity index (χ1) is 8.83. The van der Waals surface area contributed by atoms with Crippen molar-refractivity contribution in [2.45, 2.75) is 18.9 Å². The summed E-state index contributed by atoms with van der Waals surface area (Å²) in [4.78, 5) is 4.47. The van der Waals surface area contributed by atoms with E-state index in [9.17, 15) is 0 Å². The van der Waals surface area contributed by atoms with Gasteiger partial charge in [-0.3, -0.25) is 0 Å². The third-order valence-corrected chi connectivity index (χ3v) is 3.57. The molecule has 1 aromatic heterocycles. The molecular weight excluding hydrogens is 248 g/mol.